The molecule has 1 aromatic rings. The number of nitrogens with zero attached hydrogens (tertiary/aromatic N) is 1. The Morgan fingerprint density at radius 3 is 2.55 bits per heavy atom. The van der Waals surface area contributed by atoms with Crippen molar-refractivity contribution in [2.75, 3.05) is 0 Å². The largest absolute Gasteiger partial charge is 0.481 e. The molecule has 0 aliphatic heterocycles. The van der Waals surface area contributed by atoms with Crippen molar-refractivity contribution in [3.63, 3.8) is 0 Å². The van der Waals surface area contributed by atoms with E-state index < -0.39 is 21.5 Å². The second-order valence-electron chi connectivity index (χ2n) is 4.99. The molecule has 0 aliphatic carbocycles. The van der Waals surface area contributed by atoms with E-state index in [1.807, 2.05) is 6.07 Å². The summed E-state index contributed by atoms with van der Waals surface area (Å²) < 4.78 is 27.0. The zero-order chi connectivity index (χ0) is 15.4. The van der Waals surface area contributed by atoms with Crippen LogP contribution in [0.25, 0.3) is 0 Å². The lowest BCUT2D eigenvalue weighted by Gasteiger charge is -2.25. The molecule has 7 heteroatoms. The molecule has 0 amide bonds. The van der Waals surface area contributed by atoms with Gasteiger partial charge in [0.25, 0.3) is 0 Å². The third kappa shape index (κ3) is 4.33. The highest BCUT2D eigenvalue weighted by Gasteiger charge is 2.28. The summed E-state index contributed by atoms with van der Waals surface area (Å²) in [6.45, 7) is 3.20. The first-order chi connectivity index (χ1) is 9.18. The first-order valence-corrected chi connectivity index (χ1v) is 7.41. The lowest BCUT2D eigenvalue weighted by Crippen LogP contribution is -2.43. The molecule has 0 aromatic heterocycles. The fourth-order valence-corrected chi connectivity index (χ4v) is 3.28. The van der Waals surface area contributed by atoms with E-state index in [1.54, 1.807) is 19.9 Å². The minimum Gasteiger partial charge on any atom is -0.481 e. The highest BCUT2D eigenvalue weighted by molar-refractivity contribution is 7.89. The molecule has 2 N–H and O–H groups in total. The van der Waals surface area contributed by atoms with E-state index in [4.69, 9.17) is 10.4 Å². The van der Waals surface area contributed by atoms with Gasteiger partial charge in [0, 0.05) is 12.0 Å². The normalized spacial score (nSPS) is 11.8. The highest BCUT2D eigenvalue weighted by Crippen LogP contribution is 2.19. The second-order valence-corrected chi connectivity index (χ2v) is 6.64. The number of hydrogen-bond acceptors (Lipinski definition) is 4. The van der Waals surface area contributed by atoms with Crippen LogP contribution in [0.3, 0.4) is 0 Å². The summed E-state index contributed by atoms with van der Waals surface area (Å²) in [7, 11) is -3.87. The molecule has 0 unspecified atom stereocenters. The number of carbonyl (C=O) groups is 1. The summed E-state index contributed by atoms with van der Waals surface area (Å²) in [6, 6.07) is 7.69. The Balaban J connectivity index is 3.01. The summed E-state index contributed by atoms with van der Waals surface area (Å²) in [6.07, 6.45) is 0.00566. The molecular weight excluding hydrogens is 280 g/mol. The summed E-state index contributed by atoms with van der Waals surface area (Å²) in [5.41, 5.74) is -0.867. The Kier molecular flexibility index (Phi) is 4.87. The average molecular weight is 296 g/mol. The fourth-order valence-electron chi connectivity index (χ4n) is 1.68. The van der Waals surface area contributed by atoms with Gasteiger partial charge in [0.1, 0.15) is 6.07 Å². The van der Waals surface area contributed by atoms with Crippen molar-refractivity contribution in [1.82, 2.24) is 4.72 Å². The first kappa shape index (κ1) is 16.1. The van der Waals surface area contributed by atoms with E-state index in [1.165, 1.54) is 18.2 Å². The number of carboxylic acids is 1. The fraction of sp³-hybridized carbons (Fsp3) is 0.385. The van der Waals surface area contributed by atoms with E-state index in [9.17, 15) is 13.2 Å². The van der Waals surface area contributed by atoms with Crippen molar-refractivity contribution >= 4 is 16.0 Å². The van der Waals surface area contributed by atoms with E-state index in [0.717, 1.165) is 0 Å². The Labute approximate surface area is 118 Å². The van der Waals surface area contributed by atoms with E-state index in [0.29, 0.717) is 0 Å². The minimum atomic E-state index is -3.87. The van der Waals surface area contributed by atoms with Crippen molar-refractivity contribution in [1.29, 1.82) is 5.26 Å². The zero-order valence-electron chi connectivity index (χ0n) is 11.3. The predicted molar refractivity (Wildman–Crippen MR) is 72.4 cm³/mol. The van der Waals surface area contributed by atoms with Crippen molar-refractivity contribution in [3.05, 3.63) is 29.8 Å². The van der Waals surface area contributed by atoms with Gasteiger partial charge in [0.05, 0.1) is 10.5 Å². The van der Waals surface area contributed by atoms with E-state index in [-0.39, 0.29) is 23.3 Å². The Bertz CT molecular complexity index is 645. The van der Waals surface area contributed by atoms with Crippen LogP contribution in [-0.4, -0.2) is 25.0 Å². The van der Waals surface area contributed by atoms with E-state index >= 15 is 0 Å². The topological polar surface area (TPSA) is 107 Å². The molecule has 0 bridgehead atoms. The van der Waals surface area contributed by atoms with Gasteiger partial charge >= 0.3 is 5.97 Å². The lowest BCUT2D eigenvalue weighted by atomic mass is 10.0. The van der Waals surface area contributed by atoms with Gasteiger partial charge in [-0.2, -0.15) is 5.26 Å². The van der Waals surface area contributed by atoms with Gasteiger partial charge in [-0.05, 0) is 32.4 Å². The number of rotatable bonds is 6. The molecule has 0 radical (unpaired) electrons. The monoisotopic (exact) mass is 296 g/mol. The van der Waals surface area contributed by atoms with Crippen LogP contribution in [0.2, 0.25) is 0 Å². The number of benzene rings is 1. The molecule has 0 atom stereocenters. The smallest absolute Gasteiger partial charge is 0.303 e. The number of nitrogens with one attached hydrogen (secondary N) is 1. The molecule has 0 aliphatic rings. The molecule has 1 aromatic carbocycles. The van der Waals surface area contributed by atoms with Gasteiger partial charge < -0.3 is 5.11 Å². The van der Waals surface area contributed by atoms with Crippen LogP contribution < -0.4 is 4.72 Å². The van der Waals surface area contributed by atoms with Crippen LogP contribution in [0.4, 0.5) is 0 Å². The number of hydrogen-bond donors (Lipinski definition) is 2. The van der Waals surface area contributed by atoms with E-state index in [2.05, 4.69) is 4.72 Å². The molecule has 1 rings (SSSR count). The number of carboxylic acid groups (broad SMARTS) is 1. The maximum absolute atomic E-state index is 12.3. The third-order valence-electron chi connectivity index (χ3n) is 2.67. The van der Waals surface area contributed by atoms with Crippen LogP contribution in [-0.2, 0) is 14.8 Å². The Morgan fingerprint density at radius 2 is 2.00 bits per heavy atom. The van der Waals surface area contributed by atoms with Crippen LogP contribution >= 0.6 is 0 Å². The van der Waals surface area contributed by atoms with Crippen LogP contribution in [0.1, 0.15) is 32.3 Å². The van der Waals surface area contributed by atoms with Crippen molar-refractivity contribution in [3.8, 4) is 6.07 Å². The summed E-state index contributed by atoms with van der Waals surface area (Å²) >= 11 is 0. The molecule has 6 nitrogen and oxygen atoms in total. The van der Waals surface area contributed by atoms with Gasteiger partial charge in [-0.1, -0.05) is 12.1 Å². The highest BCUT2D eigenvalue weighted by atomic mass is 32.2. The Hall–Kier alpha value is -1.91. The summed E-state index contributed by atoms with van der Waals surface area (Å²) in [4.78, 5) is 10.5. The third-order valence-corrected chi connectivity index (χ3v) is 4.43. The summed E-state index contributed by atoms with van der Waals surface area (Å²) in [5.74, 6) is -0.991. The van der Waals surface area contributed by atoms with Crippen molar-refractivity contribution in [2.45, 2.75) is 37.1 Å². The number of aliphatic carboxylic acids is 1. The molecule has 0 spiro atoms. The summed E-state index contributed by atoms with van der Waals surface area (Å²) in [5, 5.41) is 17.6. The lowest BCUT2D eigenvalue weighted by molar-refractivity contribution is -0.137. The van der Waals surface area contributed by atoms with Crippen molar-refractivity contribution < 1.29 is 18.3 Å². The maximum Gasteiger partial charge on any atom is 0.303 e. The molecule has 0 saturated carbocycles. The molecule has 0 heterocycles. The van der Waals surface area contributed by atoms with Gasteiger partial charge in [0.15, 0.2) is 0 Å². The predicted octanol–water partition coefficient (Wildman–Crippen LogP) is 1.48. The van der Waals surface area contributed by atoms with Crippen LogP contribution in [0, 0.1) is 11.3 Å². The molecular formula is C13H16N2O4S. The molecule has 0 saturated heterocycles. The first-order valence-electron chi connectivity index (χ1n) is 5.93. The molecule has 0 fully saturated rings. The van der Waals surface area contributed by atoms with Gasteiger partial charge in [-0.25, -0.2) is 13.1 Å². The molecule has 20 heavy (non-hydrogen) atoms. The number of sulfonamides is 1. The van der Waals surface area contributed by atoms with Crippen LogP contribution in [0.15, 0.2) is 29.2 Å². The SMILES string of the molecule is CC(C)(CCC(=O)O)NS(=O)(=O)c1ccccc1C#N. The molecule has 108 valence electrons. The van der Waals surface area contributed by atoms with Gasteiger partial charge in [-0.3, -0.25) is 4.79 Å². The second kappa shape index (κ2) is 6.03. The van der Waals surface area contributed by atoms with Gasteiger partial charge in [0.2, 0.25) is 10.0 Å². The van der Waals surface area contributed by atoms with Crippen molar-refractivity contribution in [2.24, 2.45) is 0 Å². The number of nitriles is 1. The minimum absolute atomic E-state index is 0.0500. The zero-order valence-corrected chi connectivity index (χ0v) is 12.1. The average Bonchev–Trinajstić information content (AvgIpc) is 2.35. The standard InChI is InChI=1S/C13H16N2O4S/c1-13(2,8-7-12(16)17)15-20(18,19)11-6-4-3-5-10(11)9-14/h3-6,15H,7-8H2,1-2H3,(H,16,17). The quantitative estimate of drug-likeness (QED) is 0.826. The van der Waals surface area contributed by atoms with Gasteiger partial charge in [-0.15, -0.1) is 0 Å². The van der Waals surface area contributed by atoms with Crippen LogP contribution in [0.5, 0.6) is 0 Å². The Morgan fingerprint density at radius 1 is 1.40 bits per heavy atom. The maximum atomic E-state index is 12.3.